The molecule has 14 nitrogen and oxygen atoms in total. The number of ether oxygens (including phenoxy) is 5. The Hall–Kier alpha value is -4.70. The first-order valence-electron chi connectivity index (χ1n) is 21.8. The molecule has 65 heavy (non-hydrogen) atoms. The number of aromatic nitrogens is 2. The molecule has 0 bridgehead atoms. The second kappa shape index (κ2) is 22.7. The number of benzene rings is 3. The molecule has 0 spiro atoms. The highest BCUT2D eigenvalue weighted by Gasteiger charge is 2.54. The molecular weight excluding hydrogens is 864 g/mol. The van der Waals surface area contributed by atoms with Crippen LogP contribution in [0, 0.1) is 0 Å². The summed E-state index contributed by atoms with van der Waals surface area (Å²) in [4.78, 5) is 30.8. The zero-order chi connectivity index (χ0) is 47.5. The van der Waals surface area contributed by atoms with E-state index in [4.69, 9.17) is 37.2 Å². The molecule has 1 aliphatic rings. The fourth-order valence-electron chi connectivity index (χ4n) is 7.41. The molecule has 1 amide bonds. The average molecular weight is 931 g/mol. The number of amides is 1. The number of anilines is 1. The van der Waals surface area contributed by atoms with Crippen molar-refractivity contribution in [3.63, 3.8) is 0 Å². The van der Waals surface area contributed by atoms with Crippen LogP contribution in [-0.2, 0) is 33.3 Å². The first-order chi connectivity index (χ1) is 30.9. The number of methoxy groups -OCH3 is 2. The van der Waals surface area contributed by atoms with Gasteiger partial charge < -0.3 is 37.2 Å². The van der Waals surface area contributed by atoms with Gasteiger partial charge >= 0.3 is 11.8 Å². The highest BCUT2D eigenvalue weighted by molar-refractivity contribution is 7.44. The third-order valence-corrected chi connectivity index (χ3v) is 18.2. The number of nitrogens with one attached hydrogen (secondary N) is 1. The van der Waals surface area contributed by atoms with E-state index >= 15 is 0 Å². The predicted molar refractivity (Wildman–Crippen MR) is 258 cm³/mol. The van der Waals surface area contributed by atoms with Gasteiger partial charge in [-0.05, 0) is 92.8 Å². The Morgan fingerprint density at radius 1 is 0.862 bits per heavy atom. The number of carbonyl (C=O) groups excluding carboxylic acids is 1. The Kier molecular flexibility index (Phi) is 17.9. The van der Waals surface area contributed by atoms with E-state index in [1.807, 2.05) is 78.9 Å². The summed E-state index contributed by atoms with van der Waals surface area (Å²) < 4.78 is 55.5. The zero-order valence-corrected chi connectivity index (χ0v) is 41.6. The van der Waals surface area contributed by atoms with E-state index in [2.05, 4.69) is 89.7 Å². The van der Waals surface area contributed by atoms with Crippen LogP contribution >= 0.6 is 8.53 Å². The molecular formula is C49H67N4O10PSi. The lowest BCUT2D eigenvalue weighted by molar-refractivity contribution is -0.0942. The zero-order valence-electron chi connectivity index (χ0n) is 39.7. The summed E-state index contributed by atoms with van der Waals surface area (Å²) in [5.41, 5.74) is 0.613. The quantitative estimate of drug-likeness (QED) is 0.0347. The van der Waals surface area contributed by atoms with Crippen molar-refractivity contribution in [1.82, 2.24) is 14.2 Å². The highest BCUT2D eigenvalue weighted by Crippen LogP contribution is 2.52. The molecule has 1 N–H and O–H groups in total. The molecule has 5 atom stereocenters. The minimum atomic E-state index is -2.67. The maximum absolute atomic E-state index is 14.2. The maximum Gasteiger partial charge on any atom is 0.413 e. The SMILES string of the molecule is C=CCOC(=O)Nc1ccn([C@@H]2O[C@H](COC(c3ccccc3)(c3ccc(OC)cc3)c3ccc(OC)cc3)[C@@H](OP(OCC=C)N(C(C)C)C(C)C)[C@H]2O[Si](C)(C)C(C)(C)C)c(=O)n1. The second-order valence-electron chi connectivity index (χ2n) is 17.7. The van der Waals surface area contributed by atoms with Crippen molar-refractivity contribution in [2.45, 2.75) is 109 Å². The smallest absolute Gasteiger partial charge is 0.413 e. The fraction of sp³-hybridized carbons (Fsp3) is 0.449. The monoisotopic (exact) mass is 930 g/mol. The number of rotatable bonds is 22. The van der Waals surface area contributed by atoms with Gasteiger partial charge in [-0.3, -0.25) is 9.88 Å². The summed E-state index contributed by atoms with van der Waals surface area (Å²) in [5.74, 6) is 1.38. The second-order valence-corrected chi connectivity index (χ2v) is 23.9. The molecule has 0 radical (unpaired) electrons. The summed E-state index contributed by atoms with van der Waals surface area (Å²) in [5, 5.41) is 2.26. The molecule has 352 valence electrons. The van der Waals surface area contributed by atoms with Crippen molar-refractivity contribution in [2.24, 2.45) is 0 Å². The van der Waals surface area contributed by atoms with Gasteiger partial charge in [0.05, 0.1) is 27.4 Å². The third kappa shape index (κ3) is 12.2. The van der Waals surface area contributed by atoms with Gasteiger partial charge in [-0.2, -0.15) is 4.98 Å². The number of hydrogen-bond acceptors (Lipinski definition) is 12. The average Bonchev–Trinajstić information content (AvgIpc) is 3.59. The van der Waals surface area contributed by atoms with E-state index in [0.29, 0.717) is 11.5 Å². The summed E-state index contributed by atoms with van der Waals surface area (Å²) in [6.07, 6.45) is 0.251. The van der Waals surface area contributed by atoms with Gasteiger partial charge in [-0.1, -0.05) is 94.1 Å². The van der Waals surface area contributed by atoms with E-state index in [-0.39, 0.29) is 42.8 Å². The van der Waals surface area contributed by atoms with Gasteiger partial charge in [0.15, 0.2) is 14.5 Å². The van der Waals surface area contributed by atoms with Gasteiger partial charge in [0.25, 0.3) is 8.53 Å². The van der Waals surface area contributed by atoms with Crippen LogP contribution in [0.3, 0.4) is 0 Å². The summed E-state index contributed by atoms with van der Waals surface area (Å²) >= 11 is 0. The van der Waals surface area contributed by atoms with Crippen molar-refractivity contribution in [1.29, 1.82) is 0 Å². The standard InChI is InChI=1S/C49H67N4O10PSi/c1-14-31-58-47(55)51-42-29-30-52(46(54)50-42)45-44(63-65(12,13)48(7,8)9)43(62-64(60-32-15-2)53(34(3)4)35(5)6)41(61-45)33-59-49(36-19-17-16-18-20-36,37-21-25-39(56-10)26-22-37)38-23-27-40(57-11)28-24-38/h14-30,34-35,41,43-45H,1-2,31-33H2,3-13H3,(H,50,51,54,55)/t41-,43-,44-,45-,64?/m1/s1. The minimum Gasteiger partial charge on any atom is -0.497 e. The normalized spacial score (nSPS) is 18.4. The van der Waals surface area contributed by atoms with Crippen molar-refractivity contribution in [3.8, 4) is 11.5 Å². The van der Waals surface area contributed by atoms with Gasteiger partial charge in [0, 0.05) is 18.3 Å². The highest BCUT2D eigenvalue weighted by atomic mass is 31.2. The molecule has 1 saturated heterocycles. The topological polar surface area (TPSA) is 141 Å². The summed E-state index contributed by atoms with van der Waals surface area (Å²) in [6, 6.07) is 27.1. The van der Waals surface area contributed by atoms with E-state index in [1.54, 1.807) is 20.3 Å². The van der Waals surface area contributed by atoms with Crippen LogP contribution in [0.1, 0.15) is 71.4 Å². The van der Waals surface area contributed by atoms with Gasteiger partial charge in [-0.15, -0.1) is 6.58 Å². The Bertz CT molecular complexity index is 2160. The largest absolute Gasteiger partial charge is 0.497 e. The van der Waals surface area contributed by atoms with Crippen LogP contribution in [0.2, 0.25) is 18.1 Å². The molecule has 0 saturated carbocycles. The van der Waals surface area contributed by atoms with E-state index < -0.39 is 58.8 Å². The van der Waals surface area contributed by atoms with Crippen LogP contribution in [0.4, 0.5) is 10.6 Å². The van der Waals surface area contributed by atoms with Crippen molar-refractivity contribution in [3.05, 3.63) is 144 Å². The first-order valence-corrected chi connectivity index (χ1v) is 25.9. The van der Waals surface area contributed by atoms with E-state index in [9.17, 15) is 9.59 Å². The molecule has 1 fully saturated rings. The van der Waals surface area contributed by atoms with Crippen molar-refractivity contribution in [2.75, 3.05) is 39.4 Å². The number of hydrogen-bond donors (Lipinski definition) is 1. The van der Waals surface area contributed by atoms with Gasteiger partial charge in [-0.25, -0.2) is 14.3 Å². The summed E-state index contributed by atoms with van der Waals surface area (Å²) in [7, 11) is -1.18. The van der Waals surface area contributed by atoms with Crippen molar-refractivity contribution >= 4 is 28.8 Å². The van der Waals surface area contributed by atoms with Crippen LogP contribution < -0.4 is 20.5 Å². The van der Waals surface area contributed by atoms with Gasteiger partial charge in [0.1, 0.15) is 47.8 Å². The molecule has 1 aliphatic heterocycles. The number of carbonyl (C=O) groups is 1. The molecule has 0 aliphatic carbocycles. The molecule has 1 aromatic heterocycles. The lowest BCUT2D eigenvalue weighted by Gasteiger charge is -2.42. The molecule has 4 aromatic rings. The van der Waals surface area contributed by atoms with Crippen LogP contribution in [0.5, 0.6) is 11.5 Å². The Balaban J connectivity index is 1.72. The van der Waals surface area contributed by atoms with E-state index in [0.717, 1.165) is 16.7 Å². The lowest BCUT2D eigenvalue weighted by atomic mass is 9.80. The third-order valence-electron chi connectivity index (χ3n) is 11.6. The van der Waals surface area contributed by atoms with Gasteiger partial charge in [0.2, 0.25) is 0 Å². The lowest BCUT2D eigenvalue weighted by Crippen LogP contribution is -2.50. The number of nitrogens with zero attached hydrogens (tertiary/aromatic N) is 3. The molecule has 16 heteroatoms. The minimum absolute atomic E-state index is 0.00494. The van der Waals surface area contributed by atoms with Crippen molar-refractivity contribution < 1.29 is 42.0 Å². The Labute approximate surface area is 386 Å². The molecule has 3 aromatic carbocycles. The van der Waals surface area contributed by atoms with Crippen LogP contribution in [0.25, 0.3) is 0 Å². The Morgan fingerprint density at radius 3 is 1.91 bits per heavy atom. The Morgan fingerprint density at radius 2 is 1.42 bits per heavy atom. The van der Waals surface area contributed by atoms with Crippen LogP contribution in [-0.4, -0.2) is 93.1 Å². The fourth-order valence-corrected chi connectivity index (χ4v) is 10.5. The van der Waals surface area contributed by atoms with E-state index in [1.165, 1.54) is 22.9 Å². The summed E-state index contributed by atoms with van der Waals surface area (Å²) in [6.45, 7) is 26.8. The maximum atomic E-state index is 14.2. The first kappa shape index (κ1) is 51.3. The van der Waals surface area contributed by atoms with Crippen LogP contribution in [0.15, 0.2) is 121 Å². The molecule has 5 rings (SSSR count). The predicted octanol–water partition coefficient (Wildman–Crippen LogP) is 10.2. The molecule has 1 unspecified atom stereocenters. The molecule has 2 heterocycles.